The van der Waals surface area contributed by atoms with Crippen LogP contribution in [0.5, 0.6) is 0 Å². The average Bonchev–Trinajstić information content (AvgIpc) is 2.46. The molecule has 1 aromatic heterocycles. The Morgan fingerprint density at radius 3 is 2.67 bits per heavy atom. The van der Waals surface area contributed by atoms with Gasteiger partial charge in [0.2, 0.25) is 0 Å². The predicted molar refractivity (Wildman–Crippen MR) is 73.5 cm³/mol. The molecule has 7 heteroatoms. The van der Waals surface area contributed by atoms with Gasteiger partial charge in [0.25, 0.3) is 0 Å². The lowest BCUT2D eigenvalue weighted by atomic mass is 10.2. The summed E-state index contributed by atoms with van der Waals surface area (Å²) in [5.74, 6) is -1.51. The van der Waals surface area contributed by atoms with E-state index in [1.807, 2.05) is 0 Å². The number of nitrogens with one attached hydrogen (secondary N) is 2. The molecule has 0 radical (unpaired) electrons. The van der Waals surface area contributed by atoms with Gasteiger partial charge >= 0.3 is 12.0 Å². The van der Waals surface area contributed by atoms with Crippen LogP contribution in [0.2, 0.25) is 0 Å². The van der Waals surface area contributed by atoms with Gasteiger partial charge < -0.3 is 15.7 Å². The molecule has 0 bridgehead atoms. The van der Waals surface area contributed by atoms with Gasteiger partial charge in [0, 0.05) is 6.54 Å². The van der Waals surface area contributed by atoms with E-state index < -0.39 is 12.0 Å². The summed E-state index contributed by atoms with van der Waals surface area (Å²) in [5.41, 5.74) is 0.877. The summed E-state index contributed by atoms with van der Waals surface area (Å²) in [7, 11) is 0. The Hall–Kier alpha value is -2.96. The van der Waals surface area contributed by atoms with Crippen molar-refractivity contribution in [1.29, 1.82) is 0 Å². The number of rotatable bonds is 4. The van der Waals surface area contributed by atoms with Gasteiger partial charge in [-0.15, -0.1) is 0 Å². The van der Waals surface area contributed by atoms with Crippen LogP contribution in [0.25, 0.3) is 0 Å². The van der Waals surface area contributed by atoms with Crippen LogP contribution in [0, 0.1) is 5.82 Å². The first-order valence-electron chi connectivity index (χ1n) is 6.03. The molecule has 108 valence electrons. The van der Waals surface area contributed by atoms with Crippen LogP contribution in [0.1, 0.15) is 16.1 Å². The lowest BCUT2D eigenvalue weighted by Gasteiger charge is -2.07. The number of pyridine rings is 1. The molecule has 0 aliphatic carbocycles. The fourth-order valence-corrected chi connectivity index (χ4v) is 1.60. The maximum absolute atomic E-state index is 13.0. The van der Waals surface area contributed by atoms with E-state index in [0.29, 0.717) is 11.3 Å². The molecule has 0 unspecified atom stereocenters. The monoisotopic (exact) mass is 289 g/mol. The highest BCUT2D eigenvalue weighted by Crippen LogP contribution is 2.06. The van der Waals surface area contributed by atoms with Crippen LogP contribution in [-0.4, -0.2) is 22.1 Å². The van der Waals surface area contributed by atoms with E-state index in [9.17, 15) is 14.0 Å². The zero-order valence-electron chi connectivity index (χ0n) is 10.8. The van der Waals surface area contributed by atoms with E-state index in [-0.39, 0.29) is 18.1 Å². The molecular formula is C14H12FN3O3. The third-order valence-corrected chi connectivity index (χ3v) is 2.58. The number of hydrogen-bond acceptors (Lipinski definition) is 3. The molecule has 2 aromatic rings. The minimum Gasteiger partial charge on any atom is -0.477 e. The SMILES string of the molecule is O=C(NCc1cccc(F)c1)Nc1ccc(C(=O)O)nc1. The standard InChI is InChI=1S/C14H12FN3O3/c15-10-3-1-2-9(6-10)7-17-14(21)18-11-4-5-12(13(19)20)16-8-11/h1-6,8H,7H2,(H,19,20)(H2,17,18,21). The molecule has 2 rings (SSSR count). The average molecular weight is 289 g/mol. The van der Waals surface area contributed by atoms with Crippen molar-refractivity contribution in [2.24, 2.45) is 0 Å². The number of aromatic carboxylic acids is 1. The lowest BCUT2D eigenvalue weighted by Crippen LogP contribution is -2.28. The van der Waals surface area contributed by atoms with Gasteiger partial charge in [-0.2, -0.15) is 0 Å². The largest absolute Gasteiger partial charge is 0.477 e. The Kier molecular flexibility index (Phi) is 4.45. The summed E-state index contributed by atoms with van der Waals surface area (Å²) in [4.78, 5) is 25.9. The number of carbonyl (C=O) groups excluding carboxylic acids is 1. The topological polar surface area (TPSA) is 91.3 Å². The smallest absolute Gasteiger partial charge is 0.354 e. The molecule has 6 nitrogen and oxygen atoms in total. The second-order valence-electron chi connectivity index (χ2n) is 4.17. The van der Waals surface area contributed by atoms with E-state index in [0.717, 1.165) is 0 Å². The highest BCUT2D eigenvalue weighted by Gasteiger charge is 2.06. The molecule has 21 heavy (non-hydrogen) atoms. The van der Waals surface area contributed by atoms with Crippen LogP contribution >= 0.6 is 0 Å². The molecule has 0 saturated carbocycles. The van der Waals surface area contributed by atoms with E-state index in [1.165, 1.54) is 30.5 Å². The van der Waals surface area contributed by atoms with Gasteiger partial charge in [0.05, 0.1) is 11.9 Å². The van der Waals surface area contributed by atoms with Gasteiger partial charge in [-0.3, -0.25) is 0 Å². The Labute approximate surface area is 119 Å². The fraction of sp³-hybridized carbons (Fsp3) is 0.0714. The van der Waals surface area contributed by atoms with Crippen molar-refractivity contribution in [3.8, 4) is 0 Å². The molecule has 3 N–H and O–H groups in total. The maximum Gasteiger partial charge on any atom is 0.354 e. The van der Waals surface area contributed by atoms with E-state index in [4.69, 9.17) is 5.11 Å². The third kappa shape index (κ3) is 4.27. The van der Waals surface area contributed by atoms with Crippen molar-refractivity contribution < 1.29 is 19.1 Å². The highest BCUT2D eigenvalue weighted by molar-refractivity contribution is 5.90. The van der Waals surface area contributed by atoms with Crippen LogP contribution in [0.15, 0.2) is 42.6 Å². The first kappa shape index (κ1) is 14.4. The lowest BCUT2D eigenvalue weighted by molar-refractivity contribution is 0.0690. The maximum atomic E-state index is 13.0. The molecule has 2 amide bonds. The summed E-state index contributed by atoms with van der Waals surface area (Å²) in [6, 6.07) is 8.10. The van der Waals surface area contributed by atoms with Crippen LogP contribution in [0.4, 0.5) is 14.9 Å². The van der Waals surface area contributed by atoms with Gasteiger partial charge in [-0.25, -0.2) is 19.0 Å². The summed E-state index contributed by atoms with van der Waals surface area (Å²) < 4.78 is 13.0. The Balaban J connectivity index is 1.88. The number of benzene rings is 1. The van der Waals surface area contributed by atoms with Gasteiger partial charge in [-0.1, -0.05) is 12.1 Å². The minimum atomic E-state index is -1.14. The molecule has 0 aliphatic heterocycles. The number of aromatic nitrogens is 1. The number of amides is 2. The van der Waals surface area contributed by atoms with E-state index >= 15 is 0 Å². The number of carbonyl (C=O) groups is 2. The first-order chi connectivity index (χ1) is 10.0. The summed E-state index contributed by atoms with van der Waals surface area (Å²) in [6.45, 7) is 0.171. The molecule has 1 heterocycles. The Morgan fingerprint density at radius 1 is 1.24 bits per heavy atom. The zero-order chi connectivity index (χ0) is 15.2. The Morgan fingerprint density at radius 2 is 2.05 bits per heavy atom. The number of halogens is 1. The number of hydrogen-bond donors (Lipinski definition) is 3. The van der Waals surface area contributed by atoms with Crippen molar-refractivity contribution in [3.63, 3.8) is 0 Å². The minimum absolute atomic E-state index is 0.110. The van der Waals surface area contributed by atoms with Gasteiger partial charge in [0.15, 0.2) is 0 Å². The number of carboxylic acid groups (broad SMARTS) is 1. The molecular weight excluding hydrogens is 277 g/mol. The van der Waals surface area contributed by atoms with E-state index in [2.05, 4.69) is 15.6 Å². The second kappa shape index (κ2) is 6.47. The number of urea groups is 1. The summed E-state index contributed by atoms with van der Waals surface area (Å²) in [6.07, 6.45) is 1.24. The van der Waals surface area contributed by atoms with Gasteiger partial charge in [-0.05, 0) is 29.8 Å². The molecule has 0 aliphatic rings. The number of carboxylic acids is 1. The fourth-order valence-electron chi connectivity index (χ4n) is 1.60. The molecule has 0 saturated heterocycles. The predicted octanol–water partition coefficient (Wildman–Crippen LogP) is 2.24. The highest BCUT2D eigenvalue weighted by atomic mass is 19.1. The van der Waals surface area contributed by atoms with Crippen molar-refractivity contribution in [1.82, 2.24) is 10.3 Å². The van der Waals surface area contributed by atoms with Crippen molar-refractivity contribution >= 4 is 17.7 Å². The second-order valence-corrected chi connectivity index (χ2v) is 4.17. The molecule has 0 spiro atoms. The van der Waals surface area contributed by atoms with Gasteiger partial charge in [0.1, 0.15) is 11.5 Å². The normalized spacial score (nSPS) is 9.95. The quantitative estimate of drug-likeness (QED) is 0.805. The van der Waals surface area contributed by atoms with Crippen molar-refractivity contribution in [2.75, 3.05) is 5.32 Å². The molecule has 1 aromatic carbocycles. The van der Waals surface area contributed by atoms with Crippen molar-refractivity contribution in [2.45, 2.75) is 6.54 Å². The summed E-state index contributed by atoms with van der Waals surface area (Å²) in [5, 5.41) is 13.7. The number of nitrogens with zero attached hydrogens (tertiary/aromatic N) is 1. The zero-order valence-corrected chi connectivity index (χ0v) is 10.8. The van der Waals surface area contributed by atoms with Crippen molar-refractivity contribution in [3.05, 3.63) is 59.7 Å². The van der Waals surface area contributed by atoms with Crippen LogP contribution in [0.3, 0.4) is 0 Å². The molecule has 0 atom stereocenters. The van der Waals surface area contributed by atoms with Crippen LogP contribution in [-0.2, 0) is 6.54 Å². The molecule has 0 fully saturated rings. The number of anilines is 1. The third-order valence-electron chi connectivity index (χ3n) is 2.58. The van der Waals surface area contributed by atoms with E-state index in [1.54, 1.807) is 12.1 Å². The first-order valence-corrected chi connectivity index (χ1v) is 6.03. The summed E-state index contributed by atoms with van der Waals surface area (Å²) >= 11 is 0. The Bertz CT molecular complexity index is 659. The van der Waals surface area contributed by atoms with Crippen LogP contribution < -0.4 is 10.6 Å².